The van der Waals surface area contributed by atoms with E-state index in [0.29, 0.717) is 48.8 Å². The van der Waals surface area contributed by atoms with E-state index in [2.05, 4.69) is 51.1 Å². The second-order valence-corrected chi connectivity index (χ2v) is 13.7. The Bertz CT molecular complexity index is 1440. The molecule has 0 aliphatic carbocycles. The predicted molar refractivity (Wildman–Crippen MR) is 196 cm³/mol. The highest BCUT2D eigenvalue weighted by molar-refractivity contribution is 6.06. The third-order valence-electron chi connectivity index (χ3n) is 9.86. The zero-order valence-corrected chi connectivity index (χ0v) is 30.4. The van der Waals surface area contributed by atoms with Gasteiger partial charge in [0, 0.05) is 75.2 Å². The van der Waals surface area contributed by atoms with Gasteiger partial charge in [-0.15, -0.1) is 0 Å². The SMILES string of the molecule is CCc1c(C(C)=O)cc(N2CCCC2C)nc1CN(C)CCCN1CCN(CC(=O)NCCCCNc2cccc(C=O)c2C(C)=O)CC1. The van der Waals surface area contributed by atoms with Crippen LogP contribution in [0.4, 0.5) is 11.5 Å². The van der Waals surface area contributed by atoms with Crippen molar-refractivity contribution < 1.29 is 19.2 Å². The quantitative estimate of drug-likeness (QED) is 0.127. The molecule has 2 saturated heterocycles. The summed E-state index contributed by atoms with van der Waals surface area (Å²) in [6.07, 6.45) is 6.53. The number of aldehydes is 1. The van der Waals surface area contributed by atoms with Gasteiger partial charge >= 0.3 is 0 Å². The van der Waals surface area contributed by atoms with Gasteiger partial charge in [-0.25, -0.2) is 4.98 Å². The van der Waals surface area contributed by atoms with E-state index in [1.54, 1.807) is 19.1 Å². The molecule has 4 rings (SSSR count). The van der Waals surface area contributed by atoms with Gasteiger partial charge in [-0.1, -0.05) is 19.1 Å². The molecule has 2 aliphatic rings. The van der Waals surface area contributed by atoms with E-state index in [0.717, 1.165) is 114 Å². The van der Waals surface area contributed by atoms with Crippen molar-refractivity contribution in [3.05, 3.63) is 52.2 Å². The third kappa shape index (κ3) is 10.9. The van der Waals surface area contributed by atoms with E-state index in [9.17, 15) is 19.2 Å². The molecule has 49 heavy (non-hydrogen) atoms. The fourth-order valence-electron chi connectivity index (χ4n) is 7.11. The summed E-state index contributed by atoms with van der Waals surface area (Å²) >= 11 is 0. The van der Waals surface area contributed by atoms with Crippen LogP contribution < -0.4 is 15.5 Å². The highest BCUT2D eigenvalue weighted by Gasteiger charge is 2.25. The maximum Gasteiger partial charge on any atom is 0.234 e. The molecule has 2 aromatic rings. The molecule has 0 saturated carbocycles. The van der Waals surface area contributed by atoms with Gasteiger partial charge < -0.3 is 25.3 Å². The third-order valence-corrected chi connectivity index (χ3v) is 9.86. The largest absolute Gasteiger partial charge is 0.384 e. The highest BCUT2D eigenvalue weighted by atomic mass is 16.2. The second kappa shape index (κ2) is 18.9. The molecule has 11 heteroatoms. The number of rotatable bonds is 19. The number of pyridine rings is 1. The Morgan fingerprint density at radius 3 is 2.39 bits per heavy atom. The van der Waals surface area contributed by atoms with E-state index in [1.165, 1.54) is 6.92 Å². The lowest BCUT2D eigenvalue weighted by atomic mass is 10.00. The molecule has 1 amide bonds. The average molecular weight is 676 g/mol. The van der Waals surface area contributed by atoms with Gasteiger partial charge in [-0.2, -0.15) is 0 Å². The molecule has 1 unspecified atom stereocenters. The van der Waals surface area contributed by atoms with Gasteiger partial charge in [0.05, 0.1) is 17.8 Å². The molecule has 3 heterocycles. The second-order valence-electron chi connectivity index (χ2n) is 13.7. The van der Waals surface area contributed by atoms with E-state index >= 15 is 0 Å². The number of hydrogen-bond acceptors (Lipinski definition) is 10. The Labute approximate surface area is 292 Å². The highest BCUT2D eigenvalue weighted by Crippen LogP contribution is 2.28. The molecule has 0 radical (unpaired) electrons. The fraction of sp³-hybridized carbons (Fsp3) is 0.605. The van der Waals surface area contributed by atoms with Crippen LogP contribution in [0.3, 0.4) is 0 Å². The predicted octanol–water partition coefficient (Wildman–Crippen LogP) is 4.30. The first-order valence-electron chi connectivity index (χ1n) is 18.1. The lowest BCUT2D eigenvalue weighted by Gasteiger charge is -2.34. The van der Waals surface area contributed by atoms with Crippen LogP contribution >= 0.6 is 0 Å². The Kier molecular flexibility index (Phi) is 14.7. The molecule has 268 valence electrons. The van der Waals surface area contributed by atoms with Gasteiger partial charge in [0.25, 0.3) is 0 Å². The number of carbonyl (C=O) groups is 4. The van der Waals surface area contributed by atoms with Crippen molar-refractivity contribution in [2.75, 3.05) is 82.7 Å². The van der Waals surface area contributed by atoms with Gasteiger partial charge in [0.15, 0.2) is 17.9 Å². The molecule has 2 N–H and O–H groups in total. The Balaban J connectivity index is 1.12. The van der Waals surface area contributed by atoms with Crippen LogP contribution in [-0.4, -0.2) is 122 Å². The topological polar surface area (TPSA) is 118 Å². The number of unbranched alkanes of at least 4 members (excludes halogenated alkanes) is 1. The van der Waals surface area contributed by atoms with Crippen LogP contribution in [0.1, 0.15) is 102 Å². The molecule has 1 atom stereocenters. The van der Waals surface area contributed by atoms with Crippen LogP contribution in [0, 0.1) is 0 Å². The summed E-state index contributed by atoms with van der Waals surface area (Å²) in [4.78, 5) is 62.9. The molecule has 2 fully saturated rings. The summed E-state index contributed by atoms with van der Waals surface area (Å²) < 4.78 is 0. The van der Waals surface area contributed by atoms with E-state index < -0.39 is 0 Å². The number of anilines is 2. The molecule has 0 spiro atoms. The zero-order chi connectivity index (χ0) is 35.3. The molecule has 2 aliphatic heterocycles. The number of nitrogens with one attached hydrogen (secondary N) is 2. The number of amides is 1. The number of aromatic nitrogens is 1. The van der Waals surface area contributed by atoms with Gasteiger partial charge in [0.1, 0.15) is 5.82 Å². The molecule has 1 aromatic heterocycles. The van der Waals surface area contributed by atoms with Gasteiger partial charge in [-0.3, -0.25) is 24.1 Å². The summed E-state index contributed by atoms with van der Waals surface area (Å²) in [5, 5.41) is 6.30. The van der Waals surface area contributed by atoms with Gasteiger partial charge in [0.2, 0.25) is 5.91 Å². The zero-order valence-electron chi connectivity index (χ0n) is 30.4. The average Bonchev–Trinajstić information content (AvgIpc) is 3.51. The first-order valence-corrected chi connectivity index (χ1v) is 18.1. The van der Waals surface area contributed by atoms with Crippen molar-refractivity contribution >= 4 is 35.3 Å². The summed E-state index contributed by atoms with van der Waals surface area (Å²) in [5.74, 6) is 0.971. The summed E-state index contributed by atoms with van der Waals surface area (Å²) in [6, 6.07) is 7.69. The minimum atomic E-state index is -0.139. The maximum absolute atomic E-state index is 12.6. The first kappa shape index (κ1) is 38.1. The standard InChI is InChI=1S/C38H57N7O4/c1-6-32-33(29(3)47)24-36(45-19-10-12-28(45)2)41-35(32)25-42(5)17-11-18-43-20-22-44(23-21-43)26-37(49)40-16-8-7-15-39-34-14-9-13-31(27-46)38(34)30(4)48/h9,13-14,24,27-28,39H,6-8,10-12,15-23,25-26H2,1-5H3,(H,40,49). The van der Waals surface area contributed by atoms with Crippen molar-refractivity contribution in [2.24, 2.45) is 0 Å². The summed E-state index contributed by atoms with van der Waals surface area (Å²) in [7, 11) is 2.14. The number of ketones is 2. The number of hydrogen-bond donors (Lipinski definition) is 2. The Morgan fingerprint density at radius 1 is 1.00 bits per heavy atom. The number of piperazine rings is 1. The van der Waals surface area contributed by atoms with Crippen LogP contribution in [0.5, 0.6) is 0 Å². The summed E-state index contributed by atoms with van der Waals surface area (Å²) in [6.45, 7) is 16.5. The van der Waals surface area contributed by atoms with E-state index in [4.69, 9.17) is 4.98 Å². The number of benzene rings is 1. The molecule has 1 aromatic carbocycles. The maximum atomic E-state index is 12.6. The smallest absolute Gasteiger partial charge is 0.234 e. The van der Waals surface area contributed by atoms with Crippen LogP contribution in [0.2, 0.25) is 0 Å². The van der Waals surface area contributed by atoms with Crippen LogP contribution in [-0.2, 0) is 17.8 Å². The Morgan fingerprint density at radius 2 is 1.73 bits per heavy atom. The molecular formula is C38H57N7O4. The van der Waals surface area contributed by atoms with E-state index in [1.807, 2.05) is 12.1 Å². The minimum Gasteiger partial charge on any atom is -0.384 e. The van der Waals surface area contributed by atoms with Crippen molar-refractivity contribution in [3.8, 4) is 0 Å². The van der Waals surface area contributed by atoms with Crippen molar-refractivity contribution in [1.82, 2.24) is 25.0 Å². The lowest BCUT2D eigenvalue weighted by molar-refractivity contribution is -0.122. The minimum absolute atomic E-state index is 0.0526. The fourth-order valence-corrected chi connectivity index (χ4v) is 7.11. The van der Waals surface area contributed by atoms with Crippen molar-refractivity contribution in [3.63, 3.8) is 0 Å². The van der Waals surface area contributed by atoms with Crippen molar-refractivity contribution in [2.45, 2.75) is 78.8 Å². The number of carbonyl (C=O) groups excluding carboxylic acids is 4. The molecular weight excluding hydrogens is 618 g/mol. The van der Waals surface area contributed by atoms with Crippen LogP contribution in [0.25, 0.3) is 0 Å². The van der Waals surface area contributed by atoms with E-state index in [-0.39, 0.29) is 17.5 Å². The normalized spacial score (nSPS) is 17.0. The number of nitrogens with zero attached hydrogens (tertiary/aromatic N) is 5. The monoisotopic (exact) mass is 675 g/mol. The number of Topliss-reactive ketones (excluding diaryl/α,β-unsaturated/α-hetero) is 2. The Hall–Kier alpha value is -3.67. The van der Waals surface area contributed by atoms with Crippen LogP contribution in [0.15, 0.2) is 24.3 Å². The molecule has 0 bridgehead atoms. The van der Waals surface area contributed by atoms with Gasteiger partial charge in [-0.05, 0) is 97.1 Å². The summed E-state index contributed by atoms with van der Waals surface area (Å²) in [5.41, 5.74) is 4.42. The molecule has 11 nitrogen and oxygen atoms in total. The van der Waals surface area contributed by atoms with Crippen molar-refractivity contribution in [1.29, 1.82) is 0 Å². The first-order chi connectivity index (χ1) is 23.6. The lowest BCUT2D eigenvalue weighted by Crippen LogP contribution is -2.49.